The topological polar surface area (TPSA) is 73.9 Å². The number of hydrogen-bond acceptors (Lipinski definition) is 6. The van der Waals surface area contributed by atoms with Crippen molar-refractivity contribution < 1.29 is 22.6 Å². The number of hydrogen-bond donors (Lipinski definition) is 1. The summed E-state index contributed by atoms with van der Waals surface area (Å²) in [4.78, 5) is 0. The number of sulfone groups is 1. The molecule has 1 spiro atoms. The zero-order valence-corrected chi connectivity index (χ0v) is 15.0. The first-order chi connectivity index (χ1) is 11.4. The van der Waals surface area contributed by atoms with Crippen molar-refractivity contribution in [2.45, 2.75) is 37.5 Å². The van der Waals surface area contributed by atoms with E-state index in [1.54, 1.807) is 14.2 Å². The predicted molar refractivity (Wildman–Crippen MR) is 91.4 cm³/mol. The number of ether oxygens (including phenoxy) is 3. The quantitative estimate of drug-likeness (QED) is 0.863. The summed E-state index contributed by atoms with van der Waals surface area (Å²) in [5.74, 6) is 1.92. The summed E-state index contributed by atoms with van der Waals surface area (Å²) in [7, 11) is 0.319. The van der Waals surface area contributed by atoms with E-state index in [9.17, 15) is 8.42 Å². The molecule has 7 heteroatoms. The van der Waals surface area contributed by atoms with Crippen LogP contribution in [0.3, 0.4) is 0 Å². The molecule has 0 aromatic heterocycles. The van der Waals surface area contributed by atoms with Crippen LogP contribution in [0.15, 0.2) is 18.2 Å². The monoisotopic (exact) mass is 355 g/mol. The molecular weight excluding hydrogens is 330 g/mol. The van der Waals surface area contributed by atoms with E-state index in [-0.39, 0.29) is 17.5 Å². The van der Waals surface area contributed by atoms with E-state index in [0.717, 1.165) is 29.9 Å². The third-order valence-electron chi connectivity index (χ3n) is 4.85. The Morgan fingerprint density at radius 2 is 1.96 bits per heavy atom. The van der Waals surface area contributed by atoms with Crippen LogP contribution in [-0.2, 0) is 21.1 Å². The van der Waals surface area contributed by atoms with Crippen molar-refractivity contribution in [1.29, 1.82) is 0 Å². The second kappa shape index (κ2) is 6.90. The van der Waals surface area contributed by atoms with Gasteiger partial charge in [0.2, 0.25) is 0 Å². The lowest BCUT2D eigenvalue weighted by Gasteiger charge is -2.37. The van der Waals surface area contributed by atoms with E-state index in [1.165, 1.54) is 0 Å². The molecule has 1 aromatic rings. The molecule has 2 atom stereocenters. The van der Waals surface area contributed by atoms with Crippen LogP contribution in [0.1, 0.15) is 24.8 Å². The highest BCUT2D eigenvalue weighted by molar-refractivity contribution is 7.91. The van der Waals surface area contributed by atoms with Crippen LogP contribution in [-0.4, -0.2) is 52.4 Å². The van der Waals surface area contributed by atoms with Gasteiger partial charge in [-0.25, -0.2) is 8.42 Å². The van der Waals surface area contributed by atoms with Crippen molar-refractivity contribution in [2.75, 3.05) is 32.3 Å². The summed E-state index contributed by atoms with van der Waals surface area (Å²) in [5, 5.41) is 3.53. The zero-order chi connectivity index (χ0) is 17.2. The Morgan fingerprint density at radius 3 is 2.54 bits per heavy atom. The average Bonchev–Trinajstić information content (AvgIpc) is 2.86. The summed E-state index contributed by atoms with van der Waals surface area (Å²) in [6, 6.07) is 6.05. The largest absolute Gasteiger partial charge is 0.497 e. The maximum atomic E-state index is 11.8. The first-order valence-corrected chi connectivity index (χ1v) is 10.1. The maximum Gasteiger partial charge on any atom is 0.153 e. The van der Waals surface area contributed by atoms with Crippen molar-refractivity contribution >= 4 is 9.84 Å². The predicted octanol–water partition coefficient (Wildman–Crippen LogP) is 1.53. The molecular formula is C17H25NO5S. The lowest BCUT2D eigenvalue weighted by atomic mass is 9.90. The number of methoxy groups -OCH3 is 2. The summed E-state index contributed by atoms with van der Waals surface area (Å²) in [5.41, 5.74) is 0.590. The smallest absolute Gasteiger partial charge is 0.153 e. The molecule has 24 heavy (non-hydrogen) atoms. The standard InChI is InChI=1S/C17H25NO5S/c1-21-15-7-13(8-16(9-15)22-2)11-18-14-3-5-23-17(10-14)4-6-24(19,20)12-17/h7-9,14,18H,3-6,10-12H2,1-2H3/t14-,17+/m0/s1. The van der Waals surface area contributed by atoms with Crippen LogP contribution in [0.25, 0.3) is 0 Å². The van der Waals surface area contributed by atoms with Gasteiger partial charge in [0.25, 0.3) is 0 Å². The van der Waals surface area contributed by atoms with Gasteiger partial charge in [0.1, 0.15) is 11.5 Å². The van der Waals surface area contributed by atoms with Crippen molar-refractivity contribution in [3.05, 3.63) is 23.8 Å². The second-order valence-corrected chi connectivity index (χ2v) is 8.85. The molecule has 0 unspecified atom stereocenters. The molecule has 2 aliphatic heterocycles. The van der Waals surface area contributed by atoms with Gasteiger partial charge in [0.05, 0.1) is 31.3 Å². The van der Waals surface area contributed by atoms with E-state index in [2.05, 4.69) is 5.32 Å². The lowest BCUT2D eigenvalue weighted by molar-refractivity contribution is -0.0705. The second-order valence-electron chi connectivity index (χ2n) is 6.67. The van der Waals surface area contributed by atoms with Gasteiger partial charge in [-0.1, -0.05) is 0 Å². The Hall–Kier alpha value is -1.31. The molecule has 2 fully saturated rings. The molecule has 0 amide bonds. The Bertz CT molecular complexity index is 668. The van der Waals surface area contributed by atoms with Crippen LogP contribution >= 0.6 is 0 Å². The van der Waals surface area contributed by atoms with Crippen molar-refractivity contribution in [3.63, 3.8) is 0 Å². The maximum absolute atomic E-state index is 11.8. The molecule has 3 rings (SSSR count). The minimum Gasteiger partial charge on any atom is -0.497 e. The van der Waals surface area contributed by atoms with Crippen molar-refractivity contribution in [3.8, 4) is 11.5 Å². The normalized spacial score (nSPS) is 28.8. The Labute approximate surface area is 143 Å². The van der Waals surface area contributed by atoms with Gasteiger partial charge in [-0.15, -0.1) is 0 Å². The first kappa shape index (κ1) is 17.5. The molecule has 2 aliphatic rings. The highest BCUT2D eigenvalue weighted by Crippen LogP contribution is 2.35. The molecule has 1 aromatic carbocycles. The Morgan fingerprint density at radius 1 is 1.25 bits per heavy atom. The average molecular weight is 355 g/mol. The molecule has 1 N–H and O–H groups in total. The van der Waals surface area contributed by atoms with Crippen LogP contribution in [0.4, 0.5) is 0 Å². The first-order valence-electron chi connectivity index (χ1n) is 8.23. The van der Waals surface area contributed by atoms with Gasteiger partial charge in [-0.3, -0.25) is 0 Å². The van der Waals surface area contributed by atoms with E-state index < -0.39 is 15.4 Å². The van der Waals surface area contributed by atoms with E-state index in [0.29, 0.717) is 19.6 Å². The van der Waals surface area contributed by atoms with Crippen LogP contribution < -0.4 is 14.8 Å². The SMILES string of the molecule is COc1cc(CN[C@H]2CCO[C@]3(CCS(=O)(=O)C3)C2)cc(OC)c1. The summed E-state index contributed by atoms with van der Waals surface area (Å²) in [6.07, 6.45) is 2.25. The number of rotatable bonds is 5. The van der Waals surface area contributed by atoms with Gasteiger partial charge in [0.15, 0.2) is 9.84 Å². The Balaban J connectivity index is 1.63. The number of benzene rings is 1. The van der Waals surface area contributed by atoms with Crippen LogP contribution in [0.2, 0.25) is 0 Å². The molecule has 6 nitrogen and oxygen atoms in total. The molecule has 2 heterocycles. The third kappa shape index (κ3) is 4.02. The van der Waals surface area contributed by atoms with Gasteiger partial charge < -0.3 is 19.5 Å². The van der Waals surface area contributed by atoms with E-state index >= 15 is 0 Å². The molecule has 0 bridgehead atoms. The van der Waals surface area contributed by atoms with E-state index in [1.807, 2.05) is 18.2 Å². The molecule has 0 radical (unpaired) electrons. The summed E-state index contributed by atoms with van der Waals surface area (Å²) in [6.45, 7) is 1.29. The van der Waals surface area contributed by atoms with Crippen LogP contribution in [0, 0.1) is 0 Å². The zero-order valence-electron chi connectivity index (χ0n) is 14.2. The summed E-state index contributed by atoms with van der Waals surface area (Å²) >= 11 is 0. The third-order valence-corrected chi connectivity index (χ3v) is 6.64. The highest BCUT2D eigenvalue weighted by Gasteiger charge is 2.46. The number of nitrogens with one attached hydrogen (secondary N) is 1. The molecule has 0 aliphatic carbocycles. The summed E-state index contributed by atoms with van der Waals surface area (Å²) < 4.78 is 40.1. The van der Waals surface area contributed by atoms with Gasteiger partial charge in [-0.05, 0) is 37.0 Å². The minimum atomic E-state index is -2.95. The minimum absolute atomic E-state index is 0.158. The lowest BCUT2D eigenvalue weighted by Crippen LogP contribution is -2.47. The van der Waals surface area contributed by atoms with Gasteiger partial charge in [0, 0.05) is 25.3 Å². The van der Waals surface area contributed by atoms with Crippen molar-refractivity contribution in [1.82, 2.24) is 5.32 Å². The molecule has 0 saturated carbocycles. The highest BCUT2D eigenvalue weighted by atomic mass is 32.2. The van der Waals surface area contributed by atoms with Gasteiger partial charge >= 0.3 is 0 Å². The molecule has 134 valence electrons. The fourth-order valence-corrected chi connectivity index (χ4v) is 5.57. The molecule has 2 saturated heterocycles. The Kier molecular flexibility index (Phi) is 5.03. The van der Waals surface area contributed by atoms with Crippen molar-refractivity contribution in [2.24, 2.45) is 0 Å². The van der Waals surface area contributed by atoms with E-state index in [4.69, 9.17) is 14.2 Å². The van der Waals surface area contributed by atoms with Gasteiger partial charge in [-0.2, -0.15) is 0 Å². The fraction of sp³-hybridized carbons (Fsp3) is 0.647. The van der Waals surface area contributed by atoms with Crippen LogP contribution in [0.5, 0.6) is 11.5 Å². The fourth-order valence-electron chi connectivity index (χ4n) is 3.59.